The Bertz CT molecular complexity index is 1450. The van der Waals surface area contributed by atoms with Crippen LogP contribution in [-0.2, 0) is 22.6 Å². The van der Waals surface area contributed by atoms with Crippen molar-refractivity contribution in [2.24, 2.45) is 0 Å². The van der Waals surface area contributed by atoms with E-state index < -0.39 is 12.1 Å². The Morgan fingerprint density at radius 1 is 0.857 bits per heavy atom. The van der Waals surface area contributed by atoms with Crippen LogP contribution in [0.2, 0.25) is 0 Å². The van der Waals surface area contributed by atoms with E-state index in [9.17, 15) is 9.59 Å². The van der Waals surface area contributed by atoms with Crippen molar-refractivity contribution in [2.45, 2.75) is 31.8 Å². The minimum absolute atomic E-state index is 0.162. The molecule has 9 heteroatoms. The van der Waals surface area contributed by atoms with Crippen LogP contribution in [0.5, 0.6) is 17.2 Å². The zero-order chi connectivity index (χ0) is 29.9. The largest absolute Gasteiger partial charge is 0.497 e. The number of rotatable bonds is 13. The van der Waals surface area contributed by atoms with E-state index in [0.29, 0.717) is 30.4 Å². The number of aromatic nitrogens is 1. The van der Waals surface area contributed by atoms with Crippen molar-refractivity contribution in [1.29, 1.82) is 0 Å². The van der Waals surface area contributed by atoms with E-state index in [0.717, 1.165) is 11.3 Å². The molecule has 3 aromatic carbocycles. The lowest BCUT2D eigenvalue weighted by atomic mass is 10.1. The van der Waals surface area contributed by atoms with E-state index in [2.05, 4.69) is 54.1 Å². The van der Waals surface area contributed by atoms with Crippen molar-refractivity contribution >= 4 is 23.8 Å². The van der Waals surface area contributed by atoms with Gasteiger partial charge in [0.25, 0.3) is 0 Å². The summed E-state index contributed by atoms with van der Waals surface area (Å²) in [6.07, 6.45) is 1.41. The number of amides is 1. The third-order valence-electron chi connectivity index (χ3n) is 6.61. The molecule has 1 aromatic heterocycles. The molecule has 220 valence electrons. The Morgan fingerprint density at radius 3 is 2.17 bits per heavy atom. The van der Waals surface area contributed by atoms with Crippen LogP contribution in [0.4, 0.5) is 4.79 Å². The molecule has 1 amide bonds. The number of benzene rings is 3. The molecule has 0 bridgehead atoms. The number of carbonyl (C=O) groups is 2. The molecule has 0 unspecified atom stereocenters. The maximum Gasteiger partial charge on any atom is 0.416 e. The van der Waals surface area contributed by atoms with Crippen molar-refractivity contribution < 1.29 is 28.5 Å². The van der Waals surface area contributed by atoms with E-state index in [-0.39, 0.29) is 19.7 Å². The van der Waals surface area contributed by atoms with Gasteiger partial charge in [-0.1, -0.05) is 24.3 Å². The van der Waals surface area contributed by atoms with Crippen LogP contribution in [0.3, 0.4) is 0 Å². The number of carbonyl (C=O) groups excluding carboxylic acids is 2. The monoisotopic (exact) mass is 588 g/mol. The fourth-order valence-corrected chi connectivity index (χ4v) is 4.81. The minimum Gasteiger partial charge on any atom is -0.497 e. The van der Waals surface area contributed by atoms with Crippen LogP contribution < -0.4 is 14.2 Å². The highest BCUT2D eigenvalue weighted by Gasteiger charge is 2.21. The van der Waals surface area contributed by atoms with Gasteiger partial charge in [-0.2, -0.15) is 0 Å². The van der Waals surface area contributed by atoms with Gasteiger partial charge < -0.3 is 23.5 Å². The molecule has 1 heterocycles. The summed E-state index contributed by atoms with van der Waals surface area (Å²) in [5.41, 5.74) is 4.31. The normalized spacial score (nSPS) is 10.7. The third-order valence-corrected chi connectivity index (χ3v) is 7.36. The van der Waals surface area contributed by atoms with Gasteiger partial charge in [0, 0.05) is 22.8 Å². The second-order valence-electron chi connectivity index (χ2n) is 9.44. The van der Waals surface area contributed by atoms with Gasteiger partial charge in [0.15, 0.2) is 0 Å². The number of methoxy groups -OCH3 is 1. The molecule has 0 fully saturated rings. The first kappa shape index (κ1) is 30.6. The zero-order valence-corrected chi connectivity index (χ0v) is 25.2. The molecule has 4 aromatic rings. The van der Waals surface area contributed by atoms with E-state index in [1.165, 1.54) is 21.1 Å². The molecule has 0 radical (unpaired) electrons. The van der Waals surface area contributed by atoms with E-state index in [1.54, 1.807) is 50.1 Å². The SMILES string of the molecule is CCOC(=O)CN(Cc1ccc(OCCn2c(C)ccc2-c2ccc(SC)cc2)cc1)C(=O)Oc1ccc(OC)cc1. The van der Waals surface area contributed by atoms with Crippen molar-refractivity contribution in [2.75, 3.05) is 33.1 Å². The zero-order valence-electron chi connectivity index (χ0n) is 24.4. The molecule has 0 N–H and O–H groups in total. The third kappa shape index (κ3) is 8.33. The Labute approximate surface area is 251 Å². The first-order valence-corrected chi connectivity index (χ1v) is 14.9. The lowest BCUT2D eigenvalue weighted by Gasteiger charge is -2.21. The molecule has 8 nitrogen and oxygen atoms in total. The highest BCUT2D eigenvalue weighted by Crippen LogP contribution is 2.26. The summed E-state index contributed by atoms with van der Waals surface area (Å²) in [6.45, 7) is 5.16. The molecule has 0 spiro atoms. The number of hydrogen-bond donors (Lipinski definition) is 0. The maximum atomic E-state index is 13.0. The lowest BCUT2D eigenvalue weighted by molar-refractivity contribution is -0.144. The van der Waals surface area contributed by atoms with E-state index >= 15 is 0 Å². The first-order valence-electron chi connectivity index (χ1n) is 13.7. The minimum atomic E-state index is -0.658. The summed E-state index contributed by atoms with van der Waals surface area (Å²) >= 11 is 1.73. The van der Waals surface area contributed by atoms with Gasteiger partial charge >= 0.3 is 12.1 Å². The van der Waals surface area contributed by atoms with Gasteiger partial charge in [0.2, 0.25) is 0 Å². The Balaban J connectivity index is 1.36. The van der Waals surface area contributed by atoms with Gasteiger partial charge in [-0.15, -0.1) is 11.8 Å². The second-order valence-corrected chi connectivity index (χ2v) is 10.3. The van der Waals surface area contributed by atoms with Crippen LogP contribution in [0.25, 0.3) is 11.3 Å². The van der Waals surface area contributed by atoms with Gasteiger partial charge in [-0.25, -0.2) is 4.79 Å². The Morgan fingerprint density at radius 2 is 1.52 bits per heavy atom. The quantitative estimate of drug-likeness (QED) is 0.125. The lowest BCUT2D eigenvalue weighted by Crippen LogP contribution is -2.38. The summed E-state index contributed by atoms with van der Waals surface area (Å²) in [5, 5.41) is 0. The molecule has 0 saturated carbocycles. The standard InChI is InChI=1S/C33H36N2O6S/c1-5-39-32(36)23-34(33(37)41-29-15-13-27(38-3)14-16-29)22-25-7-11-28(12-8-25)40-21-20-35-24(2)6-19-31(35)26-9-17-30(42-4)18-10-26/h6-19H,5,20-23H2,1-4H3. The van der Waals surface area contributed by atoms with Crippen molar-refractivity contribution in [3.05, 3.63) is 96.2 Å². The van der Waals surface area contributed by atoms with Gasteiger partial charge in [0.1, 0.15) is 30.4 Å². The fourth-order valence-electron chi connectivity index (χ4n) is 4.40. The molecular formula is C33H36N2O6S. The van der Waals surface area contributed by atoms with Crippen LogP contribution in [-0.4, -0.2) is 54.7 Å². The Hall–Kier alpha value is -4.37. The average molecular weight is 589 g/mol. The van der Waals surface area contributed by atoms with Crippen LogP contribution in [0.1, 0.15) is 18.2 Å². The predicted octanol–water partition coefficient (Wildman–Crippen LogP) is 6.84. The average Bonchev–Trinajstić information content (AvgIpc) is 3.38. The summed E-state index contributed by atoms with van der Waals surface area (Å²) in [6, 6.07) is 26.9. The number of thioether (sulfide) groups is 1. The smallest absolute Gasteiger partial charge is 0.416 e. The first-order chi connectivity index (χ1) is 20.4. The second kappa shape index (κ2) is 15.0. The van der Waals surface area contributed by atoms with Gasteiger partial charge in [-0.05, 0) is 91.9 Å². The predicted molar refractivity (Wildman–Crippen MR) is 164 cm³/mol. The van der Waals surface area contributed by atoms with Crippen LogP contribution in [0.15, 0.2) is 89.8 Å². The number of aryl methyl sites for hydroxylation is 1. The van der Waals surface area contributed by atoms with Crippen molar-refractivity contribution in [1.82, 2.24) is 9.47 Å². The highest BCUT2D eigenvalue weighted by atomic mass is 32.2. The maximum absolute atomic E-state index is 13.0. The summed E-state index contributed by atoms with van der Waals surface area (Å²) < 4.78 is 24.0. The summed E-state index contributed by atoms with van der Waals surface area (Å²) in [7, 11) is 1.56. The van der Waals surface area contributed by atoms with Crippen molar-refractivity contribution in [3.63, 3.8) is 0 Å². The van der Waals surface area contributed by atoms with E-state index in [4.69, 9.17) is 18.9 Å². The highest BCUT2D eigenvalue weighted by molar-refractivity contribution is 7.98. The van der Waals surface area contributed by atoms with E-state index in [1.807, 2.05) is 24.3 Å². The van der Waals surface area contributed by atoms with Crippen LogP contribution >= 0.6 is 11.8 Å². The topological polar surface area (TPSA) is 79.2 Å². The fraction of sp³-hybridized carbons (Fsp3) is 0.273. The van der Waals surface area contributed by atoms with Crippen molar-refractivity contribution in [3.8, 4) is 28.5 Å². The molecule has 0 aliphatic carbocycles. The van der Waals surface area contributed by atoms with Crippen LogP contribution in [0, 0.1) is 6.92 Å². The number of ether oxygens (including phenoxy) is 4. The number of hydrogen-bond acceptors (Lipinski definition) is 7. The Kier molecular flexibility index (Phi) is 10.9. The molecular weight excluding hydrogens is 552 g/mol. The molecule has 42 heavy (non-hydrogen) atoms. The molecule has 0 atom stereocenters. The summed E-state index contributed by atoms with van der Waals surface area (Å²) in [5.74, 6) is 1.19. The molecule has 0 saturated heterocycles. The number of esters is 1. The molecule has 0 aliphatic heterocycles. The summed E-state index contributed by atoms with van der Waals surface area (Å²) in [4.78, 5) is 27.7. The number of nitrogens with zero attached hydrogens (tertiary/aromatic N) is 2. The molecule has 4 rings (SSSR count). The van der Waals surface area contributed by atoms with Gasteiger partial charge in [0.05, 0.1) is 20.3 Å². The molecule has 0 aliphatic rings. The van der Waals surface area contributed by atoms with Gasteiger partial charge in [-0.3, -0.25) is 9.69 Å².